The van der Waals surface area contributed by atoms with Gasteiger partial charge in [-0.15, -0.1) is 0 Å². The molecular formula is C17H26N4O3. The first kappa shape index (κ1) is 16.8. The number of rotatable bonds is 4. The summed E-state index contributed by atoms with van der Waals surface area (Å²) in [6.07, 6.45) is 3.88. The van der Waals surface area contributed by atoms with Gasteiger partial charge in [-0.2, -0.15) is 5.10 Å². The molecule has 1 aromatic rings. The summed E-state index contributed by atoms with van der Waals surface area (Å²) in [7, 11) is 0. The highest BCUT2D eigenvalue weighted by Crippen LogP contribution is 2.31. The highest BCUT2D eigenvalue weighted by molar-refractivity contribution is 5.94. The summed E-state index contributed by atoms with van der Waals surface area (Å²) in [6, 6.07) is 0. The summed E-state index contributed by atoms with van der Waals surface area (Å²) in [5.74, 6) is 0.611. The van der Waals surface area contributed by atoms with Crippen molar-refractivity contribution >= 4 is 12.0 Å². The Labute approximate surface area is 142 Å². The maximum Gasteiger partial charge on any atom is 0.410 e. The topological polar surface area (TPSA) is 87.3 Å². The number of aromatic nitrogens is 2. The average molecular weight is 334 g/mol. The third kappa shape index (κ3) is 4.07. The molecule has 1 aliphatic heterocycles. The molecule has 1 fully saturated rings. The number of aromatic amines is 1. The van der Waals surface area contributed by atoms with Crippen molar-refractivity contribution in [2.24, 2.45) is 5.92 Å². The number of hydrogen-bond acceptors (Lipinski definition) is 4. The van der Waals surface area contributed by atoms with E-state index in [9.17, 15) is 9.59 Å². The van der Waals surface area contributed by atoms with Crippen LogP contribution in [0.3, 0.4) is 0 Å². The van der Waals surface area contributed by atoms with Crippen LogP contribution in [0, 0.1) is 5.92 Å². The molecule has 0 saturated heterocycles. The van der Waals surface area contributed by atoms with Crippen LogP contribution in [0.25, 0.3) is 0 Å². The molecule has 0 bridgehead atoms. The minimum absolute atomic E-state index is 0.167. The molecule has 0 unspecified atom stereocenters. The fraction of sp³-hybridized carbons (Fsp3) is 0.706. The van der Waals surface area contributed by atoms with Crippen molar-refractivity contribution in [2.75, 3.05) is 13.1 Å². The Morgan fingerprint density at radius 1 is 1.38 bits per heavy atom. The largest absolute Gasteiger partial charge is 0.444 e. The second-order valence-electron chi connectivity index (χ2n) is 7.67. The van der Waals surface area contributed by atoms with Crippen molar-refractivity contribution in [2.45, 2.75) is 58.6 Å². The summed E-state index contributed by atoms with van der Waals surface area (Å²) in [5, 5.41) is 10.0. The highest BCUT2D eigenvalue weighted by atomic mass is 16.6. The average Bonchev–Trinajstić information content (AvgIpc) is 3.22. The Morgan fingerprint density at radius 3 is 2.79 bits per heavy atom. The number of nitrogens with one attached hydrogen (secondary N) is 2. The lowest BCUT2D eigenvalue weighted by molar-refractivity contribution is 0.0222. The highest BCUT2D eigenvalue weighted by Gasteiger charge is 2.30. The van der Waals surface area contributed by atoms with Gasteiger partial charge in [0.25, 0.3) is 5.91 Å². The van der Waals surface area contributed by atoms with Crippen molar-refractivity contribution in [3.63, 3.8) is 0 Å². The molecule has 0 atom stereocenters. The molecule has 1 aliphatic carbocycles. The molecule has 7 heteroatoms. The second-order valence-corrected chi connectivity index (χ2v) is 7.67. The van der Waals surface area contributed by atoms with Gasteiger partial charge in [0.2, 0.25) is 0 Å². The molecule has 7 nitrogen and oxygen atoms in total. The number of fused-ring (bicyclic) bond motifs is 1. The normalized spacial score (nSPS) is 17.4. The van der Waals surface area contributed by atoms with Crippen molar-refractivity contribution in [3.8, 4) is 0 Å². The zero-order valence-electron chi connectivity index (χ0n) is 14.6. The van der Waals surface area contributed by atoms with E-state index in [-0.39, 0.29) is 12.0 Å². The fourth-order valence-corrected chi connectivity index (χ4v) is 2.85. The van der Waals surface area contributed by atoms with Crippen LogP contribution >= 0.6 is 0 Å². The van der Waals surface area contributed by atoms with Gasteiger partial charge in [-0.25, -0.2) is 4.79 Å². The lowest BCUT2D eigenvalue weighted by Crippen LogP contribution is -2.40. The van der Waals surface area contributed by atoms with Gasteiger partial charge in [0, 0.05) is 30.8 Å². The molecule has 0 radical (unpaired) electrons. The number of ether oxygens (including phenoxy) is 1. The van der Waals surface area contributed by atoms with Crippen LogP contribution in [0.1, 0.15) is 61.8 Å². The molecule has 2 heterocycles. The molecular weight excluding hydrogens is 308 g/mol. The van der Waals surface area contributed by atoms with Crippen molar-refractivity contribution in [1.29, 1.82) is 0 Å². The van der Waals surface area contributed by atoms with Gasteiger partial charge in [0.05, 0.1) is 6.54 Å². The van der Waals surface area contributed by atoms with E-state index in [1.807, 2.05) is 20.8 Å². The number of carbonyl (C=O) groups is 2. The Balaban J connectivity index is 1.63. The van der Waals surface area contributed by atoms with E-state index in [4.69, 9.17) is 4.74 Å². The summed E-state index contributed by atoms with van der Waals surface area (Å²) in [6.45, 7) is 7.13. The van der Waals surface area contributed by atoms with E-state index in [1.165, 1.54) is 12.8 Å². The summed E-state index contributed by atoms with van der Waals surface area (Å²) in [4.78, 5) is 26.2. The van der Waals surface area contributed by atoms with Gasteiger partial charge in [-0.3, -0.25) is 9.89 Å². The second kappa shape index (κ2) is 6.45. The molecule has 2 amide bonds. The summed E-state index contributed by atoms with van der Waals surface area (Å²) < 4.78 is 5.42. The van der Waals surface area contributed by atoms with Crippen molar-refractivity contribution in [3.05, 3.63) is 17.0 Å². The van der Waals surface area contributed by atoms with Gasteiger partial charge in [-0.05, 0) is 33.1 Å². The monoisotopic (exact) mass is 334 g/mol. The predicted octanol–water partition coefficient (Wildman–Crippen LogP) is 2.23. The number of hydrogen-bond donors (Lipinski definition) is 2. The first-order valence-electron chi connectivity index (χ1n) is 8.66. The first-order valence-corrected chi connectivity index (χ1v) is 8.66. The van der Waals surface area contributed by atoms with Crippen LogP contribution < -0.4 is 5.32 Å². The Hall–Kier alpha value is -2.05. The molecule has 132 valence electrons. The molecule has 2 N–H and O–H groups in total. The third-order valence-corrected chi connectivity index (χ3v) is 4.34. The standard InChI is InChI=1S/C17H26N4O3/c1-17(2,3)24-16(23)21-9-7-13-12(10-21)14(20-19-13)15(22)18-8-6-11-4-5-11/h11H,4-10H2,1-3H3,(H,18,22)(H,19,20). The van der Waals surface area contributed by atoms with Crippen LogP contribution in [-0.2, 0) is 17.7 Å². The van der Waals surface area contributed by atoms with E-state index in [0.29, 0.717) is 31.7 Å². The summed E-state index contributed by atoms with van der Waals surface area (Å²) >= 11 is 0. The zero-order chi connectivity index (χ0) is 17.3. The molecule has 1 saturated carbocycles. The zero-order valence-corrected chi connectivity index (χ0v) is 14.6. The number of H-pyrrole nitrogens is 1. The summed E-state index contributed by atoms with van der Waals surface area (Å²) in [5.41, 5.74) is 1.60. The van der Waals surface area contributed by atoms with Gasteiger partial charge < -0.3 is 15.0 Å². The van der Waals surface area contributed by atoms with Crippen LogP contribution in [0.2, 0.25) is 0 Å². The van der Waals surface area contributed by atoms with Gasteiger partial charge in [0.1, 0.15) is 5.60 Å². The smallest absolute Gasteiger partial charge is 0.410 e. The number of nitrogens with zero attached hydrogens (tertiary/aromatic N) is 2. The number of amides is 2. The lowest BCUT2D eigenvalue weighted by Gasteiger charge is -2.30. The Morgan fingerprint density at radius 2 is 2.12 bits per heavy atom. The van der Waals surface area contributed by atoms with E-state index >= 15 is 0 Å². The van der Waals surface area contributed by atoms with Gasteiger partial charge >= 0.3 is 6.09 Å². The van der Waals surface area contributed by atoms with E-state index < -0.39 is 5.60 Å². The Kier molecular flexibility index (Phi) is 4.51. The maximum atomic E-state index is 12.4. The number of carbonyl (C=O) groups excluding carboxylic acids is 2. The lowest BCUT2D eigenvalue weighted by atomic mass is 10.1. The molecule has 1 aromatic heterocycles. The van der Waals surface area contributed by atoms with E-state index in [0.717, 1.165) is 23.6 Å². The van der Waals surface area contributed by atoms with Crippen LogP contribution in [0.4, 0.5) is 4.79 Å². The molecule has 0 spiro atoms. The fourth-order valence-electron chi connectivity index (χ4n) is 2.85. The Bertz CT molecular complexity index is 628. The maximum absolute atomic E-state index is 12.4. The van der Waals surface area contributed by atoms with E-state index in [1.54, 1.807) is 4.90 Å². The molecule has 3 rings (SSSR count). The van der Waals surface area contributed by atoms with Gasteiger partial charge in [0.15, 0.2) is 5.69 Å². The predicted molar refractivity (Wildman–Crippen MR) is 88.6 cm³/mol. The minimum atomic E-state index is -0.531. The quantitative estimate of drug-likeness (QED) is 0.884. The van der Waals surface area contributed by atoms with E-state index in [2.05, 4.69) is 15.5 Å². The van der Waals surface area contributed by atoms with Crippen LogP contribution in [0.15, 0.2) is 0 Å². The van der Waals surface area contributed by atoms with Gasteiger partial charge in [-0.1, -0.05) is 12.8 Å². The van der Waals surface area contributed by atoms with Crippen molar-refractivity contribution < 1.29 is 14.3 Å². The molecule has 24 heavy (non-hydrogen) atoms. The third-order valence-electron chi connectivity index (χ3n) is 4.34. The van der Waals surface area contributed by atoms with Crippen LogP contribution in [0.5, 0.6) is 0 Å². The SMILES string of the molecule is CC(C)(C)OC(=O)N1CCc2[nH]nc(C(=O)NCCC3CC3)c2C1. The molecule has 0 aromatic carbocycles. The molecule has 2 aliphatic rings. The first-order chi connectivity index (χ1) is 11.3. The minimum Gasteiger partial charge on any atom is -0.444 e. The van der Waals surface area contributed by atoms with Crippen molar-refractivity contribution in [1.82, 2.24) is 20.4 Å². The van der Waals surface area contributed by atoms with Crippen LogP contribution in [-0.4, -0.2) is 45.8 Å².